The molecule has 0 radical (unpaired) electrons. The topological polar surface area (TPSA) is 115 Å². The second kappa shape index (κ2) is 9.62. The first-order valence-corrected chi connectivity index (χ1v) is 13.7. The summed E-state index contributed by atoms with van der Waals surface area (Å²) in [5.41, 5.74) is 3.17. The molecule has 0 atom stereocenters. The number of halogens is 1. The minimum atomic E-state index is -0.861. The summed E-state index contributed by atoms with van der Waals surface area (Å²) >= 11 is 8.12. The summed E-state index contributed by atoms with van der Waals surface area (Å²) in [6.45, 7) is 5.73. The molecule has 1 aliphatic rings. The molecule has 0 saturated heterocycles. The molecule has 9 nitrogen and oxygen atoms in total. The highest BCUT2D eigenvalue weighted by atomic mass is 35.5. The van der Waals surface area contributed by atoms with Gasteiger partial charge in [0.25, 0.3) is 5.91 Å². The molecule has 2 N–H and O–H groups in total. The summed E-state index contributed by atoms with van der Waals surface area (Å²) in [6, 6.07) is 15.7. The molecule has 11 heteroatoms. The molecule has 3 aromatic heterocycles. The van der Waals surface area contributed by atoms with E-state index in [0.29, 0.717) is 52.4 Å². The molecule has 198 valence electrons. The van der Waals surface area contributed by atoms with Gasteiger partial charge in [-0.2, -0.15) is 4.98 Å². The molecule has 2 aromatic carbocycles. The average Bonchev–Trinajstić information content (AvgIpc) is 3.30. The van der Waals surface area contributed by atoms with Gasteiger partial charge in [-0.15, -0.1) is 11.3 Å². The minimum Gasteiger partial charge on any atom is -0.350 e. The second-order valence-electron chi connectivity index (χ2n) is 9.68. The highest BCUT2D eigenvalue weighted by molar-refractivity contribution is 7.13. The number of aromatic nitrogens is 4. The highest BCUT2D eigenvalue weighted by Crippen LogP contribution is 2.39. The average molecular weight is 561 g/mol. The minimum absolute atomic E-state index is 0.184. The molecule has 1 fully saturated rings. The maximum Gasteiger partial charge on any atom is 0.264 e. The zero-order valence-electron chi connectivity index (χ0n) is 21.5. The Labute approximate surface area is 233 Å². The van der Waals surface area contributed by atoms with Crippen LogP contribution in [0.3, 0.4) is 0 Å². The number of carbonyl (C=O) groups excluding carboxylic acids is 2. The summed E-state index contributed by atoms with van der Waals surface area (Å²) < 4.78 is 7.22. The number of rotatable bonds is 7. The highest BCUT2D eigenvalue weighted by Gasteiger charge is 2.51. The van der Waals surface area contributed by atoms with Crippen LogP contribution in [0.25, 0.3) is 28.1 Å². The summed E-state index contributed by atoms with van der Waals surface area (Å²) in [4.78, 5) is 35.0. The molecule has 0 unspecified atom stereocenters. The predicted molar refractivity (Wildman–Crippen MR) is 149 cm³/mol. The van der Waals surface area contributed by atoms with Crippen LogP contribution in [0.4, 0.5) is 0 Å². The first-order valence-electron chi connectivity index (χ1n) is 12.5. The lowest BCUT2D eigenvalue weighted by atomic mass is 10.1. The molecule has 1 aliphatic carbocycles. The third-order valence-electron chi connectivity index (χ3n) is 6.85. The van der Waals surface area contributed by atoms with Gasteiger partial charge < -0.3 is 19.7 Å². The zero-order chi connectivity index (χ0) is 27.3. The number of hydrogen-bond donors (Lipinski definition) is 2. The molecule has 0 bridgehead atoms. The van der Waals surface area contributed by atoms with Gasteiger partial charge >= 0.3 is 0 Å². The fraction of sp³-hybridized carbons (Fsp3) is 0.250. The first-order chi connectivity index (χ1) is 18.8. The van der Waals surface area contributed by atoms with Crippen LogP contribution in [0.2, 0.25) is 5.02 Å². The Morgan fingerprint density at radius 2 is 1.82 bits per heavy atom. The Hall–Kier alpha value is -4.02. The van der Waals surface area contributed by atoms with E-state index in [0.717, 1.165) is 27.2 Å². The van der Waals surface area contributed by atoms with Gasteiger partial charge in [0.05, 0.1) is 21.2 Å². The fourth-order valence-electron chi connectivity index (χ4n) is 4.73. The van der Waals surface area contributed by atoms with Crippen molar-refractivity contribution >= 4 is 45.7 Å². The van der Waals surface area contributed by atoms with Gasteiger partial charge in [-0.05, 0) is 50.5 Å². The number of nitrogens with one attached hydrogen (secondary N) is 2. The standard InChI is InChI=1S/C28H25ClN6O3S/c1-15-24(39-17(3)31-15)26(36)33-28(12-13-28)27(37)30-14-18-8-10-19(11-9-18)35-21-7-5-4-6-20(21)22(29)23(35)25-32-16(2)38-34-25/h4-11H,12-14H2,1-3H3,(H,30,37)(H,33,36). The monoisotopic (exact) mass is 560 g/mol. The number of fused-ring (bicyclic) bond motifs is 1. The third kappa shape index (κ3) is 4.59. The molecule has 0 aliphatic heterocycles. The van der Waals surface area contributed by atoms with Crippen LogP contribution in [0.15, 0.2) is 53.1 Å². The van der Waals surface area contributed by atoms with E-state index in [1.54, 1.807) is 13.8 Å². The smallest absolute Gasteiger partial charge is 0.264 e. The molecule has 5 aromatic rings. The number of aryl methyl sites for hydroxylation is 3. The Morgan fingerprint density at radius 3 is 2.46 bits per heavy atom. The van der Waals surface area contributed by atoms with Crippen LogP contribution in [0.1, 0.15) is 44.7 Å². The van der Waals surface area contributed by atoms with Gasteiger partial charge in [-0.1, -0.05) is 47.1 Å². The third-order valence-corrected chi connectivity index (χ3v) is 8.30. The van der Waals surface area contributed by atoms with Gasteiger partial charge in [0, 0.05) is 24.5 Å². The van der Waals surface area contributed by atoms with Crippen molar-refractivity contribution in [1.29, 1.82) is 0 Å². The van der Waals surface area contributed by atoms with Gasteiger partial charge in [-0.25, -0.2) is 4.98 Å². The maximum absolute atomic E-state index is 13.0. The van der Waals surface area contributed by atoms with E-state index in [4.69, 9.17) is 16.1 Å². The Bertz CT molecular complexity index is 1730. The summed E-state index contributed by atoms with van der Waals surface area (Å²) in [5.74, 6) is 0.425. The van der Waals surface area contributed by atoms with Crippen molar-refractivity contribution in [2.24, 2.45) is 0 Å². The van der Waals surface area contributed by atoms with E-state index in [9.17, 15) is 9.59 Å². The molecule has 39 heavy (non-hydrogen) atoms. The number of benzene rings is 2. The van der Waals surface area contributed by atoms with E-state index in [1.165, 1.54) is 11.3 Å². The number of thiazole rings is 1. The van der Waals surface area contributed by atoms with Crippen molar-refractivity contribution in [1.82, 2.24) is 30.3 Å². The Kier molecular flexibility index (Phi) is 6.23. The van der Waals surface area contributed by atoms with E-state index < -0.39 is 5.54 Å². The number of hydrogen-bond acceptors (Lipinski definition) is 7. The van der Waals surface area contributed by atoms with Crippen LogP contribution in [-0.2, 0) is 11.3 Å². The lowest BCUT2D eigenvalue weighted by molar-refractivity contribution is -0.124. The largest absolute Gasteiger partial charge is 0.350 e. The number of para-hydroxylation sites is 1. The van der Waals surface area contributed by atoms with Crippen LogP contribution >= 0.6 is 22.9 Å². The van der Waals surface area contributed by atoms with Crippen molar-refractivity contribution in [2.75, 3.05) is 0 Å². The van der Waals surface area contributed by atoms with Crippen LogP contribution < -0.4 is 10.6 Å². The SMILES string of the molecule is Cc1nc(-c2c(Cl)c3ccccc3n2-c2ccc(CNC(=O)C3(NC(=O)c4sc(C)nc4C)CC3)cc2)no1. The zero-order valence-corrected chi connectivity index (χ0v) is 23.1. The van der Waals surface area contributed by atoms with Gasteiger partial charge in [0.1, 0.15) is 16.1 Å². The number of carbonyl (C=O) groups is 2. The number of nitrogens with zero attached hydrogens (tertiary/aromatic N) is 4. The normalized spacial score (nSPS) is 13.9. The summed E-state index contributed by atoms with van der Waals surface area (Å²) in [7, 11) is 0. The fourth-order valence-corrected chi connectivity index (χ4v) is 5.87. The molecule has 0 spiro atoms. The van der Waals surface area contributed by atoms with Gasteiger partial charge in [-0.3, -0.25) is 9.59 Å². The van der Waals surface area contributed by atoms with Crippen molar-refractivity contribution in [3.63, 3.8) is 0 Å². The van der Waals surface area contributed by atoms with Crippen LogP contribution in [-0.4, -0.2) is 37.0 Å². The molecule has 1 saturated carbocycles. The second-order valence-corrected chi connectivity index (χ2v) is 11.3. The number of amides is 2. The van der Waals surface area contributed by atoms with Crippen LogP contribution in [0.5, 0.6) is 0 Å². The molecule has 3 heterocycles. The Balaban J connectivity index is 1.20. The van der Waals surface area contributed by atoms with E-state index >= 15 is 0 Å². The molecule has 2 amide bonds. The van der Waals surface area contributed by atoms with Crippen LogP contribution in [0, 0.1) is 20.8 Å². The van der Waals surface area contributed by atoms with E-state index in [-0.39, 0.29) is 11.8 Å². The Morgan fingerprint density at radius 1 is 1.08 bits per heavy atom. The lowest BCUT2D eigenvalue weighted by Crippen LogP contribution is -2.48. The summed E-state index contributed by atoms with van der Waals surface area (Å²) in [6.07, 6.45) is 1.22. The summed E-state index contributed by atoms with van der Waals surface area (Å²) in [5, 5.41) is 12.3. The molecule has 6 rings (SSSR count). The van der Waals surface area contributed by atoms with Gasteiger partial charge in [0.2, 0.25) is 17.6 Å². The quantitative estimate of drug-likeness (QED) is 0.279. The molecular weight excluding hydrogens is 536 g/mol. The van der Waals surface area contributed by atoms with E-state index in [2.05, 4.69) is 25.8 Å². The molecular formula is C28H25ClN6O3S. The predicted octanol–water partition coefficient (Wildman–Crippen LogP) is 5.29. The van der Waals surface area contributed by atoms with E-state index in [1.807, 2.05) is 60.0 Å². The van der Waals surface area contributed by atoms with Crippen molar-refractivity contribution in [3.05, 3.63) is 80.6 Å². The van der Waals surface area contributed by atoms with Crippen molar-refractivity contribution in [3.8, 4) is 17.2 Å². The van der Waals surface area contributed by atoms with Crippen molar-refractivity contribution in [2.45, 2.75) is 45.7 Å². The first kappa shape index (κ1) is 25.3. The maximum atomic E-state index is 13.0. The lowest BCUT2D eigenvalue weighted by Gasteiger charge is -2.17. The van der Waals surface area contributed by atoms with Gasteiger partial charge in [0.15, 0.2) is 0 Å². The van der Waals surface area contributed by atoms with Crippen molar-refractivity contribution < 1.29 is 14.1 Å².